The van der Waals surface area contributed by atoms with Gasteiger partial charge in [0.15, 0.2) is 11.5 Å². The monoisotopic (exact) mass is 455 g/mol. The van der Waals surface area contributed by atoms with Gasteiger partial charge < -0.3 is 9.47 Å². The van der Waals surface area contributed by atoms with Crippen molar-refractivity contribution in [3.8, 4) is 11.5 Å². The summed E-state index contributed by atoms with van der Waals surface area (Å²) < 4.78 is 11.0. The zero-order valence-electron chi connectivity index (χ0n) is 16.1. The van der Waals surface area contributed by atoms with Crippen LogP contribution in [0.2, 0.25) is 0 Å². The van der Waals surface area contributed by atoms with E-state index in [2.05, 4.69) is 10.9 Å². The Hall–Kier alpha value is -3.37. The Morgan fingerprint density at radius 1 is 1.10 bits per heavy atom. The Bertz CT molecular complexity index is 1090. The van der Waals surface area contributed by atoms with Gasteiger partial charge in [0.1, 0.15) is 4.32 Å². The van der Waals surface area contributed by atoms with E-state index in [9.17, 15) is 14.4 Å². The van der Waals surface area contributed by atoms with Gasteiger partial charge >= 0.3 is 0 Å². The largest absolute Gasteiger partial charge is 0.454 e. The molecule has 0 aromatic heterocycles. The van der Waals surface area contributed by atoms with Crippen LogP contribution in [0.15, 0.2) is 53.4 Å². The minimum atomic E-state index is -0.432. The molecule has 1 saturated heterocycles. The molecule has 2 heterocycles. The lowest BCUT2D eigenvalue weighted by Crippen LogP contribution is -2.43. The Kier molecular flexibility index (Phi) is 6.19. The predicted octanol–water partition coefficient (Wildman–Crippen LogP) is 2.47. The predicted molar refractivity (Wildman–Crippen MR) is 119 cm³/mol. The highest BCUT2D eigenvalue weighted by atomic mass is 32.2. The topological polar surface area (TPSA) is 97.0 Å². The van der Waals surface area contributed by atoms with Crippen molar-refractivity contribution >= 4 is 52.1 Å². The molecule has 1 fully saturated rings. The number of nitrogens with zero attached hydrogens (tertiary/aromatic N) is 1. The van der Waals surface area contributed by atoms with Gasteiger partial charge in [-0.25, -0.2) is 0 Å². The fourth-order valence-electron chi connectivity index (χ4n) is 2.91. The summed E-state index contributed by atoms with van der Waals surface area (Å²) in [5, 5.41) is 0. The fraction of sp³-hybridized carbons (Fsp3) is 0.143. The number of ether oxygens (including phenoxy) is 2. The van der Waals surface area contributed by atoms with Crippen molar-refractivity contribution in [2.24, 2.45) is 0 Å². The first-order valence-electron chi connectivity index (χ1n) is 9.30. The van der Waals surface area contributed by atoms with Gasteiger partial charge in [-0.3, -0.25) is 30.1 Å². The van der Waals surface area contributed by atoms with E-state index in [-0.39, 0.29) is 25.7 Å². The Labute approximate surface area is 187 Å². The van der Waals surface area contributed by atoms with Crippen molar-refractivity contribution in [1.82, 2.24) is 15.8 Å². The van der Waals surface area contributed by atoms with Crippen LogP contribution >= 0.6 is 24.0 Å². The third-order valence-corrected chi connectivity index (χ3v) is 5.86. The molecule has 0 radical (unpaired) electrons. The van der Waals surface area contributed by atoms with Crippen LogP contribution in [0.25, 0.3) is 6.08 Å². The molecular weight excluding hydrogens is 438 g/mol. The number of hydrazine groups is 1. The van der Waals surface area contributed by atoms with Gasteiger partial charge in [-0.15, -0.1) is 0 Å². The molecule has 0 bridgehead atoms. The SMILES string of the molecule is O=C(CCN1C(=O)/C(=C/c2ccc3c(c2)OCO3)SC1=S)NNC(=O)c1ccccc1. The smallest absolute Gasteiger partial charge is 0.269 e. The lowest BCUT2D eigenvalue weighted by Gasteiger charge is -2.14. The molecule has 8 nitrogen and oxygen atoms in total. The van der Waals surface area contributed by atoms with Gasteiger partial charge in [0.05, 0.1) is 4.91 Å². The molecule has 31 heavy (non-hydrogen) atoms. The number of carbonyl (C=O) groups is 3. The summed E-state index contributed by atoms with van der Waals surface area (Å²) in [6, 6.07) is 13.9. The summed E-state index contributed by atoms with van der Waals surface area (Å²) >= 11 is 6.47. The van der Waals surface area contributed by atoms with Gasteiger partial charge in [-0.2, -0.15) is 0 Å². The van der Waals surface area contributed by atoms with E-state index >= 15 is 0 Å². The van der Waals surface area contributed by atoms with E-state index in [0.29, 0.717) is 26.3 Å². The van der Waals surface area contributed by atoms with Crippen molar-refractivity contribution in [3.05, 3.63) is 64.6 Å². The Balaban J connectivity index is 1.31. The van der Waals surface area contributed by atoms with E-state index in [4.69, 9.17) is 21.7 Å². The average molecular weight is 456 g/mol. The molecule has 2 aromatic rings. The summed E-state index contributed by atoms with van der Waals surface area (Å²) in [7, 11) is 0. The van der Waals surface area contributed by atoms with Crippen molar-refractivity contribution in [2.45, 2.75) is 6.42 Å². The number of thioether (sulfide) groups is 1. The first kappa shape index (κ1) is 20.9. The minimum absolute atomic E-state index is 0.0151. The number of hydrogen-bond acceptors (Lipinski definition) is 7. The average Bonchev–Trinajstić information content (AvgIpc) is 3.35. The van der Waals surface area contributed by atoms with Gasteiger partial charge in [-0.05, 0) is 35.9 Å². The highest BCUT2D eigenvalue weighted by Gasteiger charge is 2.32. The summed E-state index contributed by atoms with van der Waals surface area (Å²) in [6.07, 6.45) is 1.71. The lowest BCUT2D eigenvalue weighted by atomic mass is 10.2. The molecule has 2 aromatic carbocycles. The zero-order chi connectivity index (χ0) is 21.8. The molecule has 4 rings (SSSR count). The van der Waals surface area contributed by atoms with E-state index in [1.807, 2.05) is 6.07 Å². The normalized spacial score (nSPS) is 16.0. The number of rotatable bonds is 5. The number of benzene rings is 2. The maximum absolute atomic E-state index is 12.7. The molecule has 0 spiro atoms. The summed E-state index contributed by atoms with van der Waals surface area (Å²) in [5.41, 5.74) is 5.90. The van der Waals surface area contributed by atoms with Gasteiger partial charge in [0.2, 0.25) is 12.7 Å². The first-order chi connectivity index (χ1) is 15.0. The maximum Gasteiger partial charge on any atom is 0.269 e. The number of hydrogen-bond donors (Lipinski definition) is 2. The summed E-state index contributed by atoms with van der Waals surface area (Å²) in [4.78, 5) is 38.6. The molecular formula is C21H17N3O5S2. The number of nitrogens with one attached hydrogen (secondary N) is 2. The van der Waals surface area contributed by atoms with Crippen LogP contribution in [-0.2, 0) is 9.59 Å². The highest BCUT2D eigenvalue weighted by Crippen LogP contribution is 2.36. The number of amides is 3. The quantitative estimate of drug-likeness (QED) is 0.406. The number of carbonyl (C=O) groups excluding carboxylic acids is 3. The second kappa shape index (κ2) is 9.19. The number of fused-ring (bicyclic) bond motifs is 1. The molecule has 0 aliphatic carbocycles. The minimum Gasteiger partial charge on any atom is -0.454 e. The fourth-order valence-corrected chi connectivity index (χ4v) is 4.22. The van der Waals surface area contributed by atoms with E-state index in [1.165, 1.54) is 16.7 Å². The Morgan fingerprint density at radius 2 is 1.87 bits per heavy atom. The molecule has 10 heteroatoms. The van der Waals surface area contributed by atoms with Crippen molar-refractivity contribution in [2.75, 3.05) is 13.3 Å². The summed E-state index contributed by atoms with van der Waals surface area (Å²) in [5.74, 6) is 0.159. The van der Waals surface area contributed by atoms with Crippen LogP contribution in [-0.4, -0.2) is 40.3 Å². The van der Waals surface area contributed by atoms with Gasteiger partial charge in [-0.1, -0.05) is 48.2 Å². The molecule has 2 aliphatic rings. The van der Waals surface area contributed by atoms with Gasteiger partial charge in [0, 0.05) is 18.5 Å². The van der Waals surface area contributed by atoms with E-state index in [0.717, 1.165) is 5.56 Å². The second-order valence-corrected chi connectivity index (χ2v) is 8.24. The van der Waals surface area contributed by atoms with Crippen LogP contribution in [0.5, 0.6) is 11.5 Å². The van der Waals surface area contributed by atoms with Crippen molar-refractivity contribution in [1.29, 1.82) is 0 Å². The highest BCUT2D eigenvalue weighted by molar-refractivity contribution is 8.26. The Morgan fingerprint density at radius 3 is 2.68 bits per heavy atom. The maximum atomic E-state index is 12.7. The van der Waals surface area contributed by atoms with Gasteiger partial charge in [0.25, 0.3) is 11.8 Å². The van der Waals surface area contributed by atoms with E-state index < -0.39 is 11.8 Å². The molecule has 0 unspecified atom stereocenters. The van der Waals surface area contributed by atoms with Crippen molar-refractivity contribution < 1.29 is 23.9 Å². The molecule has 2 aliphatic heterocycles. The third-order valence-electron chi connectivity index (χ3n) is 4.48. The van der Waals surface area contributed by atoms with Crippen molar-refractivity contribution in [3.63, 3.8) is 0 Å². The summed E-state index contributed by atoms with van der Waals surface area (Å²) in [6.45, 7) is 0.283. The molecule has 158 valence electrons. The van der Waals surface area contributed by atoms with Crippen LogP contribution in [0.4, 0.5) is 0 Å². The standard InChI is InChI=1S/C21H17N3O5S2/c25-18(22-23-19(26)14-4-2-1-3-5-14)8-9-24-20(27)17(31-21(24)30)11-13-6-7-15-16(10-13)29-12-28-15/h1-7,10-11H,8-9,12H2,(H,22,25)(H,23,26)/b17-11-. The molecule has 0 atom stereocenters. The first-order valence-corrected chi connectivity index (χ1v) is 10.5. The van der Waals surface area contributed by atoms with E-state index in [1.54, 1.807) is 48.5 Å². The lowest BCUT2D eigenvalue weighted by molar-refractivity contribution is -0.124. The zero-order valence-corrected chi connectivity index (χ0v) is 17.8. The van der Waals surface area contributed by atoms with Crippen LogP contribution in [0.3, 0.4) is 0 Å². The molecule has 2 N–H and O–H groups in total. The third kappa shape index (κ3) is 4.86. The molecule has 3 amide bonds. The van der Waals surface area contributed by atoms with Crippen LogP contribution < -0.4 is 20.3 Å². The number of thiocarbonyl (C=S) groups is 1. The van der Waals surface area contributed by atoms with Crippen LogP contribution in [0.1, 0.15) is 22.3 Å². The second-order valence-electron chi connectivity index (χ2n) is 6.56. The van der Waals surface area contributed by atoms with Crippen LogP contribution in [0, 0.1) is 0 Å². The molecule has 0 saturated carbocycles.